The molecule has 0 aliphatic carbocycles. The summed E-state index contributed by atoms with van der Waals surface area (Å²) in [6.45, 7) is 1.74. The second-order valence-electron chi connectivity index (χ2n) is 3.92. The van der Waals surface area contributed by atoms with Gasteiger partial charge < -0.3 is 5.32 Å². The molecule has 7 heteroatoms. The number of H-pyrrole nitrogens is 1. The van der Waals surface area contributed by atoms with Crippen LogP contribution in [-0.2, 0) is 10.0 Å². The SMILES string of the molecule is CN(C1CCNCC1)S(=O)(=O)c1ccn[nH]1. The second kappa shape index (κ2) is 4.52. The molecule has 2 rings (SSSR count). The maximum absolute atomic E-state index is 12.1. The molecule has 1 aromatic rings. The van der Waals surface area contributed by atoms with Crippen molar-refractivity contribution in [1.29, 1.82) is 0 Å². The summed E-state index contributed by atoms with van der Waals surface area (Å²) >= 11 is 0. The first-order chi connectivity index (χ1) is 7.62. The molecule has 0 bridgehead atoms. The van der Waals surface area contributed by atoms with Gasteiger partial charge in [-0.2, -0.15) is 9.40 Å². The minimum Gasteiger partial charge on any atom is -0.317 e. The van der Waals surface area contributed by atoms with Gasteiger partial charge in [0.1, 0.15) is 0 Å². The molecule has 0 saturated carbocycles. The Bertz CT molecular complexity index is 422. The van der Waals surface area contributed by atoms with Gasteiger partial charge >= 0.3 is 0 Å². The van der Waals surface area contributed by atoms with Crippen LogP contribution in [0.3, 0.4) is 0 Å². The highest BCUT2D eigenvalue weighted by Gasteiger charge is 2.29. The molecule has 16 heavy (non-hydrogen) atoms. The molecule has 0 spiro atoms. The van der Waals surface area contributed by atoms with Crippen LogP contribution in [0.2, 0.25) is 0 Å². The Morgan fingerprint density at radius 3 is 2.69 bits per heavy atom. The molecule has 1 saturated heterocycles. The van der Waals surface area contributed by atoms with E-state index in [2.05, 4.69) is 15.5 Å². The smallest absolute Gasteiger partial charge is 0.259 e. The Labute approximate surface area is 95.1 Å². The van der Waals surface area contributed by atoms with Gasteiger partial charge in [-0.15, -0.1) is 0 Å². The van der Waals surface area contributed by atoms with Crippen LogP contribution >= 0.6 is 0 Å². The van der Waals surface area contributed by atoms with Gasteiger partial charge in [-0.1, -0.05) is 0 Å². The monoisotopic (exact) mass is 244 g/mol. The van der Waals surface area contributed by atoms with Crippen molar-refractivity contribution in [2.45, 2.75) is 23.9 Å². The van der Waals surface area contributed by atoms with Crippen LogP contribution in [0.1, 0.15) is 12.8 Å². The van der Waals surface area contributed by atoms with Gasteiger partial charge in [-0.25, -0.2) is 8.42 Å². The lowest BCUT2D eigenvalue weighted by atomic mass is 10.1. The lowest BCUT2D eigenvalue weighted by molar-refractivity contribution is 0.295. The molecule has 6 nitrogen and oxygen atoms in total. The number of aromatic nitrogens is 2. The highest BCUT2D eigenvalue weighted by Crippen LogP contribution is 2.18. The summed E-state index contributed by atoms with van der Waals surface area (Å²) in [6.07, 6.45) is 3.15. The first kappa shape index (κ1) is 11.6. The summed E-state index contributed by atoms with van der Waals surface area (Å²) in [5.74, 6) is 0. The number of hydrogen-bond donors (Lipinski definition) is 2. The normalized spacial score (nSPS) is 19.1. The molecule has 2 N–H and O–H groups in total. The van der Waals surface area contributed by atoms with E-state index in [0.29, 0.717) is 0 Å². The van der Waals surface area contributed by atoms with Crippen LogP contribution in [0, 0.1) is 0 Å². The first-order valence-corrected chi connectivity index (χ1v) is 6.74. The zero-order valence-electron chi connectivity index (χ0n) is 9.18. The van der Waals surface area contributed by atoms with Crippen molar-refractivity contribution in [3.63, 3.8) is 0 Å². The number of sulfonamides is 1. The summed E-state index contributed by atoms with van der Waals surface area (Å²) < 4.78 is 25.7. The van der Waals surface area contributed by atoms with E-state index in [1.54, 1.807) is 7.05 Å². The molecule has 0 amide bonds. The van der Waals surface area contributed by atoms with Crippen LogP contribution in [-0.4, -0.2) is 49.1 Å². The van der Waals surface area contributed by atoms with E-state index < -0.39 is 10.0 Å². The zero-order valence-corrected chi connectivity index (χ0v) is 10.00. The Kier molecular flexibility index (Phi) is 3.27. The van der Waals surface area contributed by atoms with E-state index in [1.165, 1.54) is 16.6 Å². The Morgan fingerprint density at radius 1 is 1.44 bits per heavy atom. The summed E-state index contributed by atoms with van der Waals surface area (Å²) in [6, 6.07) is 1.56. The quantitative estimate of drug-likeness (QED) is 0.770. The molecule has 1 aliphatic rings. The number of nitrogens with one attached hydrogen (secondary N) is 2. The fourth-order valence-electron chi connectivity index (χ4n) is 1.91. The molecular formula is C9H16N4O2S. The minimum atomic E-state index is -3.41. The average Bonchev–Trinajstić information content (AvgIpc) is 2.83. The third-order valence-electron chi connectivity index (χ3n) is 2.96. The van der Waals surface area contributed by atoms with Crippen LogP contribution in [0.4, 0.5) is 0 Å². The molecule has 0 atom stereocenters. The number of rotatable bonds is 3. The highest BCUT2D eigenvalue weighted by atomic mass is 32.2. The zero-order chi connectivity index (χ0) is 11.6. The van der Waals surface area contributed by atoms with Gasteiger partial charge in [0.2, 0.25) is 0 Å². The van der Waals surface area contributed by atoms with Gasteiger partial charge in [0.15, 0.2) is 5.03 Å². The summed E-state index contributed by atoms with van der Waals surface area (Å²) in [4.78, 5) is 0. The van der Waals surface area contributed by atoms with Crippen molar-refractivity contribution >= 4 is 10.0 Å². The first-order valence-electron chi connectivity index (χ1n) is 5.30. The molecule has 1 aromatic heterocycles. The number of aromatic amines is 1. The van der Waals surface area contributed by atoms with Gasteiger partial charge in [0.05, 0.1) is 6.20 Å². The molecule has 90 valence electrons. The van der Waals surface area contributed by atoms with Crippen LogP contribution in [0.5, 0.6) is 0 Å². The van der Waals surface area contributed by atoms with E-state index in [0.717, 1.165) is 25.9 Å². The molecule has 2 heterocycles. The Balaban J connectivity index is 2.17. The van der Waals surface area contributed by atoms with Crippen molar-refractivity contribution in [3.8, 4) is 0 Å². The number of hydrogen-bond acceptors (Lipinski definition) is 4. The van der Waals surface area contributed by atoms with Crippen molar-refractivity contribution in [2.75, 3.05) is 20.1 Å². The Hall–Kier alpha value is -0.920. The van der Waals surface area contributed by atoms with Crippen molar-refractivity contribution in [3.05, 3.63) is 12.3 Å². The fourth-order valence-corrected chi connectivity index (χ4v) is 3.22. The van der Waals surface area contributed by atoms with E-state index in [-0.39, 0.29) is 11.1 Å². The third kappa shape index (κ3) is 2.11. The summed E-state index contributed by atoms with van der Waals surface area (Å²) in [7, 11) is -1.78. The Morgan fingerprint density at radius 2 is 2.12 bits per heavy atom. The minimum absolute atomic E-state index is 0.0783. The second-order valence-corrected chi connectivity index (χ2v) is 5.89. The highest BCUT2D eigenvalue weighted by molar-refractivity contribution is 7.89. The van der Waals surface area contributed by atoms with Gasteiger partial charge in [0.25, 0.3) is 10.0 Å². The molecule has 0 unspecified atom stereocenters. The summed E-state index contributed by atoms with van der Waals surface area (Å²) in [5.41, 5.74) is 0. The van der Waals surface area contributed by atoms with Crippen molar-refractivity contribution in [1.82, 2.24) is 19.8 Å². The van der Waals surface area contributed by atoms with Crippen molar-refractivity contribution < 1.29 is 8.42 Å². The lowest BCUT2D eigenvalue weighted by Crippen LogP contribution is -2.43. The van der Waals surface area contributed by atoms with E-state index in [9.17, 15) is 8.42 Å². The molecule has 1 fully saturated rings. The lowest BCUT2D eigenvalue weighted by Gasteiger charge is -2.30. The number of nitrogens with zero attached hydrogens (tertiary/aromatic N) is 2. The van der Waals surface area contributed by atoms with E-state index in [1.807, 2.05) is 0 Å². The van der Waals surface area contributed by atoms with Gasteiger partial charge in [-0.05, 0) is 32.0 Å². The maximum Gasteiger partial charge on any atom is 0.259 e. The van der Waals surface area contributed by atoms with Gasteiger partial charge in [-0.3, -0.25) is 5.10 Å². The number of piperidine rings is 1. The summed E-state index contributed by atoms with van der Waals surface area (Å²) in [5, 5.41) is 9.55. The fraction of sp³-hybridized carbons (Fsp3) is 0.667. The standard InChI is InChI=1S/C9H16N4O2S/c1-13(8-2-5-10-6-3-8)16(14,15)9-4-7-11-12-9/h4,7-8,10H,2-3,5-6H2,1H3,(H,11,12). The predicted octanol–water partition coefficient (Wildman–Crippen LogP) is -0.218. The predicted molar refractivity (Wildman–Crippen MR) is 59.4 cm³/mol. The van der Waals surface area contributed by atoms with Crippen molar-refractivity contribution in [2.24, 2.45) is 0 Å². The molecule has 1 aliphatic heterocycles. The molecule has 0 radical (unpaired) electrons. The van der Waals surface area contributed by atoms with E-state index >= 15 is 0 Å². The average molecular weight is 244 g/mol. The largest absolute Gasteiger partial charge is 0.317 e. The molecule has 0 aromatic carbocycles. The van der Waals surface area contributed by atoms with E-state index in [4.69, 9.17) is 0 Å². The maximum atomic E-state index is 12.1. The van der Waals surface area contributed by atoms with Gasteiger partial charge in [0, 0.05) is 13.1 Å². The van der Waals surface area contributed by atoms with Crippen LogP contribution < -0.4 is 5.32 Å². The van der Waals surface area contributed by atoms with Crippen LogP contribution in [0.15, 0.2) is 17.3 Å². The van der Waals surface area contributed by atoms with Crippen LogP contribution in [0.25, 0.3) is 0 Å². The third-order valence-corrected chi connectivity index (χ3v) is 4.79. The molecular weight excluding hydrogens is 228 g/mol. The topological polar surface area (TPSA) is 78.1 Å².